The molecule has 1 aliphatic rings. The number of nitrogens with zero attached hydrogens (tertiary/aromatic N) is 4. The number of aryl methyl sites for hydroxylation is 2. The molecule has 4 aromatic heterocycles. The van der Waals surface area contributed by atoms with E-state index in [4.69, 9.17) is 4.98 Å². The number of aromatic amines is 1. The smallest absolute Gasteiger partial charge is 0.253 e. The second kappa shape index (κ2) is 7.60. The quantitative estimate of drug-likeness (QED) is 0.451. The molecule has 5 rings (SSSR count). The van der Waals surface area contributed by atoms with Gasteiger partial charge in [-0.15, -0.1) is 0 Å². The van der Waals surface area contributed by atoms with Gasteiger partial charge < -0.3 is 20.2 Å². The van der Waals surface area contributed by atoms with Gasteiger partial charge in [-0.3, -0.25) is 9.59 Å². The zero-order valence-electron chi connectivity index (χ0n) is 18.1. The molecule has 1 aliphatic carbocycles. The third-order valence-corrected chi connectivity index (χ3v) is 5.58. The summed E-state index contributed by atoms with van der Waals surface area (Å²) in [6, 6.07) is 7.58. The molecule has 0 saturated heterocycles. The molecule has 4 heterocycles. The van der Waals surface area contributed by atoms with Gasteiger partial charge in [-0.05, 0) is 38.0 Å². The lowest BCUT2D eigenvalue weighted by Gasteiger charge is -2.07. The van der Waals surface area contributed by atoms with Crippen LogP contribution in [0.1, 0.15) is 28.9 Å². The van der Waals surface area contributed by atoms with Crippen LogP contribution < -0.4 is 10.6 Å². The van der Waals surface area contributed by atoms with Gasteiger partial charge in [0.25, 0.3) is 5.91 Å². The van der Waals surface area contributed by atoms with Gasteiger partial charge in [0.05, 0.1) is 28.2 Å². The molecule has 1 saturated carbocycles. The van der Waals surface area contributed by atoms with E-state index in [1.807, 2.05) is 49.0 Å². The second-order valence-corrected chi connectivity index (χ2v) is 8.06. The van der Waals surface area contributed by atoms with Gasteiger partial charge >= 0.3 is 0 Å². The van der Waals surface area contributed by atoms with Crippen LogP contribution in [0.15, 0.2) is 36.7 Å². The van der Waals surface area contributed by atoms with Crippen molar-refractivity contribution in [2.75, 3.05) is 12.4 Å². The van der Waals surface area contributed by atoms with E-state index in [1.54, 1.807) is 7.05 Å². The van der Waals surface area contributed by atoms with Crippen LogP contribution in [-0.2, 0) is 11.8 Å². The monoisotopic (exact) mass is 429 g/mol. The van der Waals surface area contributed by atoms with E-state index in [-0.39, 0.29) is 17.7 Å². The normalized spacial score (nSPS) is 13.3. The minimum atomic E-state index is -0.252. The molecule has 0 bridgehead atoms. The standard InChI is InChI=1S/C23H23N7O2/c1-12-11-30(3)21(26-12)17-6-4-5-16(27-17)18-9-14-15(23(32)24-2)10-25-20(19(14)28-18)29-22(31)13-7-8-13/h4-6,9-11,13,28H,7-8H2,1-3H3,(H,24,32)(H,25,29,31). The molecule has 0 aliphatic heterocycles. The Hall–Kier alpha value is -4.01. The van der Waals surface area contributed by atoms with Crippen molar-refractivity contribution in [1.29, 1.82) is 0 Å². The lowest BCUT2D eigenvalue weighted by Crippen LogP contribution is -2.19. The molecule has 162 valence electrons. The Kier molecular flexibility index (Phi) is 4.73. The van der Waals surface area contributed by atoms with Crippen molar-refractivity contribution >= 4 is 28.5 Å². The molecular formula is C23H23N7O2. The van der Waals surface area contributed by atoms with Crippen molar-refractivity contribution < 1.29 is 9.59 Å². The lowest BCUT2D eigenvalue weighted by molar-refractivity contribution is -0.117. The Morgan fingerprint density at radius 1 is 1.19 bits per heavy atom. The number of carbonyl (C=O) groups excluding carboxylic acids is 2. The molecule has 32 heavy (non-hydrogen) atoms. The number of hydrogen-bond donors (Lipinski definition) is 3. The summed E-state index contributed by atoms with van der Waals surface area (Å²) in [5, 5.41) is 6.21. The minimum Gasteiger partial charge on any atom is -0.355 e. The Morgan fingerprint density at radius 3 is 2.66 bits per heavy atom. The highest BCUT2D eigenvalue weighted by molar-refractivity contribution is 6.11. The highest BCUT2D eigenvalue weighted by Crippen LogP contribution is 2.33. The van der Waals surface area contributed by atoms with Crippen LogP contribution in [0.25, 0.3) is 33.8 Å². The minimum absolute atomic E-state index is 0.0412. The number of hydrogen-bond acceptors (Lipinski definition) is 5. The summed E-state index contributed by atoms with van der Waals surface area (Å²) < 4.78 is 1.94. The van der Waals surface area contributed by atoms with Crippen LogP contribution >= 0.6 is 0 Å². The van der Waals surface area contributed by atoms with Gasteiger partial charge in [0.2, 0.25) is 5.91 Å². The van der Waals surface area contributed by atoms with Gasteiger partial charge in [0.1, 0.15) is 5.69 Å². The van der Waals surface area contributed by atoms with Gasteiger partial charge in [-0.2, -0.15) is 0 Å². The Bertz CT molecular complexity index is 1360. The number of imidazole rings is 1. The van der Waals surface area contributed by atoms with E-state index >= 15 is 0 Å². The van der Waals surface area contributed by atoms with E-state index in [1.165, 1.54) is 6.20 Å². The number of aromatic nitrogens is 5. The maximum atomic E-state index is 12.4. The molecule has 0 unspecified atom stereocenters. The summed E-state index contributed by atoms with van der Waals surface area (Å²) in [5.41, 5.74) is 4.08. The predicted molar refractivity (Wildman–Crippen MR) is 121 cm³/mol. The van der Waals surface area contributed by atoms with Crippen molar-refractivity contribution in [3.63, 3.8) is 0 Å². The molecule has 2 amide bonds. The van der Waals surface area contributed by atoms with Crippen molar-refractivity contribution in [1.82, 2.24) is 29.8 Å². The average molecular weight is 429 g/mol. The number of anilines is 1. The zero-order valence-corrected chi connectivity index (χ0v) is 18.1. The van der Waals surface area contributed by atoms with Crippen LogP contribution in [0.5, 0.6) is 0 Å². The number of nitrogens with one attached hydrogen (secondary N) is 3. The Morgan fingerprint density at radius 2 is 1.97 bits per heavy atom. The summed E-state index contributed by atoms with van der Waals surface area (Å²) in [6.07, 6.45) is 5.22. The van der Waals surface area contributed by atoms with Gasteiger partial charge in [0, 0.05) is 37.8 Å². The first-order valence-electron chi connectivity index (χ1n) is 10.5. The summed E-state index contributed by atoms with van der Waals surface area (Å²) in [5.74, 6) is 0.919. The summed E-state index contributed by atoms with van der Waals surface area (Å²) in [7, 11) is 3.51. The molecule has 3 N–H and O–H groups in total. The molecule has 1 fully saturated rings. The first-order chi connectivity index (χ1) is 15.4. The van der Waals surface area contributed by atoms with Gasteiger partial charge in [-0.25, -0.2) is 15.0 Å². The maximum Gasteiger partial charge on any atom is 0.253 e. The average Bonchev–Trinajstić information content (AvgIpc) is 3.46. The predicted octanol–water partition coefficient (Wildman–Crippen LogP) is 3.04. The van der Waals surface area contributed by atoms with Gasteiger partial charge in [-0.1, -0.05) is 6.07 Å². The first kappa shape index (κ1) is 19.9. The molecule has 0 radical (unpaired) electrons. The van der Waals surface area contributed by atoms with Crippen LogP contribution in [0.2, 0.25) is 0 Å². The van der Waals surface area contributed by atoms with Crippen molar-refractivity contribution in [3.05, 3.63) is 47.9 Å². The van der Waals surface area contributed by atoms with E-state index in [2.05, 4.69) is 25.6 Å². The topological polar surface area (TPSA) is 118 Å². The largest absolute Gasteiger partial charge is 0.355 e. The SMILES string of the molecule is CNC(=O)c1cnc(NC(=O)C2CC2)c2[nH]c(-c3cccc(-c4nc(C)cn4C)n3)cc12. The number of fused-ring (bicyclic) bond motifs is 1. The molecule has 0 atom stereocenters. The van der Waals surface area contributed by atoms with Crippen LogP contribution in [-0.4, -0.2) is 43.4 Å². The number of pyridine rings is 2. The number of amides is 2. The molecular weight excluding hydrogens is 406 g/mol. The molecule has 0 spiro atoms. The molecule has 0 aromatic carbocycles. The van der Waals surface area contributed by atoms with E-state index < -0.39 is 0 Å². The third kappa shape index (κ3) is 3.51. The number of H-pyrrole nitrogens is 1. The highest BCUT2D eigenvalue weighted by Gasteiger charge is 2.30. The summed E-state index contributed by atoms with van der Waals surface area (Å²) >= 11 is 0. The lowest BCUT2D eigenvalue weighted by atomic mass is 10.1. The fraction of sp³-hybridized carbons (Fsp3) is 0.261. The highest BCUT2D eigenvalue weighted by atomic mass is 16.2. The number of carbonyl (C=O) groups is 2. The summed E-state index contributed by atoms with van der Waals surface area (Å²) in [6.45, 7) is 1.94. The van der Waals surface area contributed by atoms with Crippen molar-refractivity contribution in [3.8, 4) is 22.9 Å². The van der Waals surface area contributed by atoms with E-state index in [9.17, 15) is 9.59 Å². The van der Waals surface area contributed by atoms with Gasteiger partial charge in [0.15, 0.2) is 11.6 Å². The van der Waals surface area contributed by atoms with Crippen molar-refractivity contribution in [2.24, 2.45) is 13.0 Å². The Labute approximate surface area is 184 Å². The zero-order chi connectivity index (χ0) is 22.4. The third-order valence-electron chi connectivity index (χ3n) is 5.58. The first-order valence-corrected chi connectivity index (χ1v) is 10.5. The molecule has 4 aromatic rings. The van der Waals surface area contributed by atoms with Crippen LogP contribution in [0.3, 0.4) is 0 Å². The molecule has 9 heteroatoms. The Balaban J connectivity index is 1.61. The molecule has 9 nitrogen and oxygen atoms in total. The fourth-order valence-corrected chi connectivity index (χ4v) is 3.79. The fourth-order valence-electron chi connectivity index (χ4n) is 3.79. The summed E-state index contributed by atoms with van der Waals surface area (Å²) in [4.78, 5) is 41.8. The maximum absolute atomic E-state index is 12.4. The van der Waals surface area contributed by atoms with Crippen molar-refractivity contribution in [2.45, 2.75) is 19.8 Å². The number of rotatable bonds is 5. The second-order valence-electron chi connectivity index (χ2n) is 8.06. The van der Waals surface area contributed by atoms with Crippen LogP contribution in [0, 0.1) is 12.8 Å². The van der Waals surface area contributed by atoms with E-state index in [0.29, 0.717) is 33.7 Å². The van der Waals surface area contributed by atoms with E-state index in [0.717, 1.165) is 30.1 Å². The van der Waals surface area contributed by atoms with Crippen LogP contribution in [0.4, 0.5) is 5.82 Å².